The van der Waals surface area contributed by atoms with E-state index >= 15 is 0 Å². The first-order valence-corrected chi connectivity index (χ1v) is 7.80. The van der Waals surface area contributed by atoms with Crippen molar-refractivity contribution in [3.05, 3.63) is 23.3 Å². The highest BCUT2D eigenvalue weighted by Gasteiger charge is 2.39. The van der Waals surface area contributed by atoms with Crippen LogP contribution in [0.4, 0.5) is 13.2 Å². The summed E-state index contributed by atoms with van der Waals surface area (Å²) in [5.74, 6) is -0.00792. The molecule has 0 aromatic heterocycles. The van der Waals surface area contributed by atoms with Crippen molar-refractivity contribution in [1.29, 1.82) is 0 Å². The largest absolute Gasteiger partial charge is 0.507 e. The van der Waals surface area contributed by atoms with Crippen molar-refractivity contribution in [3.63, 3.8) is 0 Å². The summed E-state index contributed by atoms with van der Waals surface area (Å²) in [4.78, 5) is 0. The van der Waals surface area contributed by atoms with Gasteiger partial charge < -0.3 is 15.6 Å². The summed E-state index contributed by atoms with van der Waals surface area (Å²) in [6.07, 6.45) is -2.74. The average molecular weight is 370 g/mol. The fraction of sp³-hybridized carbons (Fsp3) is 0.571. The van der Waals surface area contributed by atoms with E-state index in [-0.39, 0.29) is 5.56 Å². The van der Waals surface area contributed by atoms with Gasteiger partial charge in [0, 0.05) is 16.5 Å². The van der Waals surface area contributed by atoms with Crippen LogP contribution < -0.4 is 10.5 Å². The SMILES string of the molecule is CCCc1c(OCCCBr)ccc(C(N)C(F)(F)F)c1O. The smallest absolute Gasteiger partial charge is 0.407 e. The summed E-state index contributed by atoms with van der Waals surface area (Å²) < 4.78 is 43.6. The van der Waals surface area contributed by atoms with E-state index in [9.17, 15) is 18.3 Å². The van der Waals surface area contributed by atoms with Crippen molar-refractivity contribution in [2.45, 2.75) is 38.4 Å². The molecule has 1 atom stereocenters. The number of aromatic hydroxyl groups is 1. The number of nitrogens with two attached hydrogens (primary N) is 1. The zero-order valence-corrected chi connectivity index (χ0v) is 13.3. The van der Waals surface area contributed by atoms with Crippen molar-refractivity contribution in [2.24, 2.45) is 5.73 Å². The molecule has 120 valence electrons. The molecule has 0 aliphatic rings. The average Bonchev–Trinajstić information content (AvgIpc) is 2.41. The number of rotatable bonds is 7. The van der Waals surface area contributed by atoms with Gasteiger partial charge in [0.15, 0.2) is 0 Å². The van der Waals surface area contributed by atoms with Gasteiger partial charge in [-0.3, -0.25) is 0 Å². The summed E-state index contributed by atoms with van der Waals surface area (Å²) in [7, 11) is 0. The molecule has 1 aromatic carbocycles. The molecule has 0 aliphatic heterocycles. The quantitative estimate of drug-likeness (QED) is 0.562. The van der Waals surface area contributed by atoms with Crippen molar-refractivity contribution >= 4 is 15.9 Å². The molecule has 0 radical (unpaired) electrons. The third-order valence-corrected chi connectivity index (χ3v) is 3.55. The standard InChI is InChI=1S/C14H19BrF3NO2/c1-2-4-9-11(21-8-3-7-15)6-5-10(12(9)20)13(19)14(16,17)18/h5-6,13,20H,2-4,7-8,19H2,1H3. The zero-order valence-electron chi connectivity index (χ0n) is 11.7. The van der Waals surface area contributed by atoms with Gasteiger partial charge in [0.25, 0.3) is 0 Å². The van der Waals surface area contributed by atoms with Crippen LogP contribution in [0.5, 0.6) is 11.5 Å². The lowest BCUT2D eigenvalue weighted by atomic mass is 9.99. The van der Waals surface area contributed by atoms with Crippen molar-refractivity contribution in [1.82, 2.24) is 0 Å². The summed E-state index contributed by atoms with van der Waals surface area (Å²) in [5, 5.41) is 10.9. The molecule has 1 unspecified atom stereocenters. The van der Waals surface area contributed by atoms with Gasteiger partial charge in [0.1, 0.15) is 17.5 Å². The second-order valence-corrected chi connectivity index (χ2v) is 5.43. The van der Waals surface area contributed by atoms with E-state index in [4.69, 9.17) is 10.5 Å². The number of phenolic OH excluding ortho intramolecular Hbond substituents is 1. The van der Waals surface area contributed by atoms with E-state index in [2.05, 4.69) is 15.9 Å². The molecule has 0 amide bonds. The summed E-state index contributed by atoms with van der Waals surface area (Å²) in [5.41, 5.74) is 5.24. The van der Waals surface area contributed by atoms with Crippen molar-refractivity contribution < 1.29 is 23.0 Å². The Morgan fingerprint density at radius 2 is 2.05 bits per heavy atom. The minimum absolute atomic E-state index is 0.321. The fourth-order valence-electron chi connectivity index (χ4n) is 1.93. The maximum atomic E-state index is 12.7. The van der Waals surface area contributed by atoms with Gasteiger partial charge in [-0.1, -0.05) is 29.3 Å². The Labute approximate surface area is 130 Å². The highest BCUT2D eigenvalue weighted by atomic mass is 79.9. The van der Waals surface area contributed by atoms with Crippen LogP contribution in [0.2, 0.25) is 0 Å². The second kappa shape index (κ2) is 7.89. The number of hydrogen-bond donors (Lipinski definition) is 2. The normalized spacial score (nSPS) is 13.2. The molecule has 0 fully saturated rings. The maximum absolute atomic E-state index is 12.7. The topological polar surface area (TPSA) is 55.5 Å². The van der Waals surface area contributed by atoms with Gasteiger partial charge >= 0.3 is 6.18 Å². The van der Waals surface area contributed by atoms with Crippen LogP contribution in [0.25, 0.3) is 0 Å². The lowest BCUT2D eigenvalue weighted by Gasteiger charge is -2.20. The van der Waals surface area contributed by atoms with Crippen LogP contribution in [-0.2, 0) is 6.42 Å². The van der Waals surface area contributed by atoms with Crippen LogP contribution in [0.1, 0.15) is 36.9 Å². The monoisotopic (exact) mass is 369 g/mol. The zero-order chi connectivity index (χ0) is 16.0. The van der Waals surface area contributed by atoms with Gasteiger partial charge in [-0.05, 0) is 25.0 Å². The number of alkyl halides is 4. The molecule has 0 saturated carbocycles. The van der Waals surface area contributed by atoms with Gasteiger partial charge in [-0.25, -0.2) is 0 Å². The van der Waals surface area contributed by atoms with E-state index in [0.717, 1.165) is 11.8 Å². The minimum atomic E-state index is -4.60. The number of hydrogen-bond acceptors (Lipinski definition) is 3. The Morgan fingerprint density at radius 3 is 2.57 bits per heavy atom. The predicted octanol–water partition coefficient (Wildman–Crippen LogP) is 4.07. The van der Waals surface area contributed by atoms with Crippen molar-refractivity contribution in [2.75, 3.05) is 11.9 Å². The first-order valence-electron chi connectivity index (χ1n) is 6.68. The first kappa shape index (κ1) is 18.1. The Morgan fingerprint density at radius 1 is 1.38 bits per heavy atom. The summed E-state index contributed by atoms with van der Waals surface area (Å²) >= 11 is 3.27. The van der Waals surface area contributed by atoms with Crippen molar-refractivity contribution in [3.8, 4) is 11.5 Å². The minimum Gasteiger partial charge on any atom is -0.507 e. The first-order chi connectivity index (χ1) is 9.82. The van der Waals surface area contributed by atoms with Crippen LogP contribution in [0, 0.1) is 0 Å². The lowest BCUT2D eigenvalue weighted by molar-refractivity contribution is -0.149. The third kappa shape index (κ3) is 4.78. The molecule has 21 heavy (non-hydrogen) atoms. The lowest BCUT2D eigenvalue weighted by Crippen LogP contribution is -2.28. The van der Waals surface area contributed by atoms with Gasteiger partial charge in [-0.15, -0.1) is 0 Å². The summed E-state index contributed by atoms with van der Waals surface area (Å²) in [6.45, 7) is 2.30. The molecular weight excluding hydrogens is 351 g/mol. The highest BCUT2D eigenvalue weighted by Crippen LogP contribution is 2.40. The molecule has 3 nitrogen and oxygen atoms in total. The van der Waals surface area contributed by atoms with E-state index in [1.165, 1.54) is 12.1 Å². The number of benzene rings is 1. The van der Waals surface area contributed by atoms with E-state index < -0.39 is 18.0 Å². The molecule has 0 heterocycles. The van der Waals surface area contributed by atoms with Crippen LogP contribution >= 0.6 is 15.9 Å². The molecule has 0 aliphatic carbocycles. The van der Waals surface area contributed by atoms with E-state index in [1.807, 2.05) is 6.92 Å². The van der Waals surface area contributed by atoms with Crippen LogP contribution in [-0.4, -0.2) is 23.2 Å². The Bertz CT molecular complexity index is 466. The second-order valence-electron chi connectivity index (χ2n) is 4.64. The number of halogens is 4. The predicted molar refractivity (Wildman–Crippen MR) is 79.0 cm³/mol. The Balaban J connectivity index is 3.12. The number of phenols is 1. The Hall–Kier alpha value is -0.950. The Kier molecular flexibility index (Phi) is 6.80. The molecule has 1 rings (SSSR count). The molecule has 0 spiro atoms. The third-order valence-electron chi connectivity index (χ3n) is 2.99. The molecule has 7 heteroatoms. The van der Waals surface area contributed by atoms with Gasteiger partial charge in [0.2, 0.25) is 0 Å². The van der Waals surface area contributed by atoms with Crippen LogP contribution in [0.3, 0.4) is 0 Å². The van der Waals surface area contributed by atoms with Gasteiger partial charge in [-0.2, -0.15) is 13.2 Å². The highest BCUT2D eigenvalue weighted by molar-refractivity contribution is 9.09. The summed E-state index contributed by atoms with van der Waals surface area (Å²) in [6, 6.07) is 0.417. The van der Waals surface area contributed by atoms with Gasteiger partial charge in [0.05, 0.1) is 6.61 Å². The van der Waals surface area contributed by atoms with E-state index in [1.54, 1.807) is 0 Å². The molecular formula is C14H19BrF3NO2. The molecule has 3 N–H and O–H groups in total. The number of ether oxygens (including phenoxy) is 1. The maximum Gasteiger partial charge on any atom is 0.407 e. The molecule has 1 aromatic rings. The van der Waals surface area contributed by atoms with E-state index in [0.29, 0.717) is 30.8 Å². The molecule has 0 saturated heterocycles. The fourth-order valence-corrected chi connectivity index (χ4v) is 2.16. The van der Waals surface area contributed by atoms with Crippen LogP contribution in [0.15, 0.2) is 12.1 Å². The molecule has 0 bridgehead atoms.